The predicted octanol–water partition coefficient (Wildman–Crippen LogP) is 0.540. The van der Waals surface area contributed by atoms with E-state index in [9.17, 15) is 22.0 Å². The number of nitrogens with two attached hydrogens (primary N) is 1. The summed E-state index contributed by atoms with van der Waals surface area (Å²) in [6, 6.07) is 1.01. The first-order valence-electron chi connectivity index (χ1n) is 6.06. The van der Waals surface area contributed by atoms with Gasteiger partial charge in [0.05, 0.1) is 6.54 Å². The highest BCUT2D eigenvalue weighted by Gasteiger charge is 2.24. The average molecular weight is 307 g/mol. The van der Waals surface area contributed by atoms with Crippen LogP contribution < -0.4 is 10.5 Å². The number of halogens is 2. The van der Waals surface area contributed by atoms with E-state index in [4.69, 9.17) is 5.14 Å². The molecule has 112 valence electrons. The van der Waals surface area contributed by atoms with Crippen LogP contribution in [0, 0.1) is 5.92 Å². The molecule has 0 bridgehead atoms. The number of carbonyl (C=O) groups excluding carboxylic acids is 1. The van der Waals surface area contributed by atoms with E-state index in [2.05, 4.69) is 5.32 Å². The minimum Gasteiger partial charge on any atom is -0.350 e. The van der Waals surface area contributed by atoms with Gasteiger partial charge >= 0.3 is 0 Å². The SMILES string of the molecule is NS(=O)(=O)c1cc(C(=O)NCC2CC2)n(CC(F)F)c1. The van der Waals surface area contributed by atoms with Crippen LogP contribution in [0.25, 0.3) is 0 Å². The third-order valence-electron chi connectivity index (χ3n) is 3.02. The molecule has 1 saturated carbocycles. The van der Waals surface area contributed by atoms with E-state index in [1.807, 2.05) is 0 Å². The van der Waals surface area contributed by atoms with Gasteiger partial charge in [-0.05, 0) is 24.8 Å². The molecule has 20 heavy (non-hydrogen) atoms. The first kappa shape index (κ1) is 14.9. The van der Waals surface area contributed by atoms with Crippen LogP contribution in [0.3, 0.4) is 0 Å². The van der Waals surface area contributed by atoms with Gasteiger partial charge in [0, 0.05) is 12.7 Å². The van der Waals surface area contributed by atoms with Crippen LogP contribution >= 0.6 is 0 Å². The molecule has 1 aromatic rings. The third kappa shape index (κ3) is 3.76. The summed E-state index contributed by atoms with van der Waals surface area (Å²) in [5, 5.41) is 7.54. The number of alkyl halides is 2. The van der Waals surface area contributed by atoms with Crippen LogP contribution in [0.15, 0.2) is 17.2 Å². The van der Waals surface area contributed by atoms with Gasteiger partial charge in [-0.3, -0.25) is 4.79 Å². The highest BCUT2D eigenvalue weighted by atomic mass is 32.2. The number of hydrogen-bond acceptors (Lipinski definition) is 3. The summed E-state index contributed by atoms with van der Waals surface area (Å²) in [6.45, 7) is -0.300. The molecule has 1 amide bonds. The van der Waals surface area contributed by atoms with Gasteiger partial charge in [0.25, 0.3) is 12.3 Å². The Kier molecular flexibility index (Phi) is 4.09. The molecule has 2 rings (SSSR count). The Labute approximate surface area is 115 Å². The Hall–Kier alpha value is -1.48. The number of amides is 1. The van der Waals surface area contributed by atoms with E-state index >= 15 is 0 Å². The van der Waals surface area contributed by atoms with Crippen LogP contribution in [-0.2, 0) is 16.6 Å². The molecule has 1 fully saturated rings. The number of aromatic nitrogens is 1. The quantitative estimate of drug-likeness (QED) is 0.803. The van der Waals surface area contributed by atoms with Crippen molar-refractivity contribution in [1.29, 1.82) is 0 Å². The molecule has 1 aromatic heterocycles. The third-order valence-corrected chi connectivity index (χ3v) is 3.90. The second kappa shape index (κ2) is 5.49. The number of sulfonamides is 1. The van der Waals surface area contributed by atoms with E-state index in [1.54, 1.807) is 0 Å². The van der Waals surface area contributed by atoms with Crippen molar-refractivity contribution >= 4 is 15.9 Å². The summed E-state index contributed by atoms with van der Waals surface area (Å²) in [5.41, 5.74) is -0.130. The van der Waals surface area contributed by atoms with Crippen molar-refractivity contribution in [2.45, 2.75) is 30.7 Å². The summed E-state index contributed by atoms with van der Waals surface area (Å²) < 4.78 is 48.3. The van der Waals surface area contributed by atoms with Crippen molar-refractivity contribution in [2.75, 3.05) is 6.54 Å². The van der Waals surface area contributed by atoms with Gasteiger partial charge in [0.2, 0.25) is 10.0 Å². The molecule has 0 aromatic carbocycles. The van der Waals surface area contributed by atoms with Crippen molar-refractivity contribution in [2.24, 2.45) is 11.1 Å². The molecule has 3 N–H and O–H groups in total. The van der Waals surface area contributed by atoms with Gasteiger partial charge in [-0.15, -0.1) is 0 Å². The standard InChI is InChI=1S/C11H15F2N3O3S/c12-10(13)6-16-5-8(20(14,18)19)3-9(16)11(17)15-4-7-1-2-7/h3,5,7,10H,1-2,4,6H2,(H,15,17)(H2,14,18,19). The van der Waals surface area contributed by atoms with E-state index in [0.717, 1.165) is 29.7 Å². The van der Waals surface area contributed by atoms with Gasteiger partial charge < -0.3 is 9.88 Å². The fourth-order valence-electron chi connectivity index (χ4n) is 1.78. The largest absolute Gasteiger partial charge is 0.350 e. The van der Waals surface area contributed by atoms with E-state index in [1.165, 1.54) is 0 Å². The topological polar surface area (TPSA) is 94.2 Å². The maximum atomic E-state index is 12.5. The highest BCUT2D eigenvalue weighted by molar-refractivity contribution is 7.89. The van der Waals surface area contributed by atoms with Crippen LogP contribution in [0.5, 0.6) is 0 Å². The zero-order chi connectivity index (χ0) is 14.9. The van der Waals surface area contributed by atoms with E-state index in [-0.39, 0.29) is 10.6 Å². The lowest BCUT2D eigenvalue weighted by atomic mass is 10.3. The lowest BCUT2D eigenvalue weighted by Crippen LogP contribution is -2.28. The lowest BCUT2D eigenvalue weighted by Gasteiger charge is -2.08. The molecule has 1 aliphatic carbocycles. The van der Waals surface area contributed by atoms with Crippen molar-refractivity contribution in [3.63, 3.8) is 0 Å². The van der Waals surface area contributed by atoms with Crippen molar-refractivity contribution in [3.8, 4) is 0 Å². The zero-order valence-electron chi connectivity index (χ0n) is 10.6. The lowest BCUT2D eigenvalue weighted by molar-refractivity contribution is 0.0929. The monoisotopic (exact) mass is 307 g/mol. The van der Waals surface area contributed by atoms with Crippen molar-refractivity contribution < 1.29 is 22.0 Å². The number of nitrogens with zero attached hydrogens (tertiary/aromatic N) is 1. The Morgan fingerprint density at radius 3 is 2.65 bits per heavy atom. The molecule has 0 aliphatic heterocycles. The molecule has 9 heteroatoms. The molecule has 1 aliphatic rings. The fraction of sp³-hybridized carbons (Fsp3) is 0.545. The summed E-state index contributed by atoms with van der Waals surface area (Å²) >= 11 is 0. The number of rotatable bonds is 6. The Bertz CT molecular complexity index is 608. The molecule has 0 saturated heterocycles. The van der Waals surface area contributed by atoms with E-state index in [0.29, 0.717) is 12.5 Å². The second-order valence-electron chi connectivity index (χ2n) is 4.80. The molecule has 1 heterocycles. The Morgan fingerprint density at radius 1 is 1.50 bits per heavy atom. The maximum absolute atomic E-state index is 12.5. The van der Waals surface area contributed by atoms with Crippen LogP contribution in [0.4, 0.5) is 8.78 Å². The van der Waals surface area contributed by atoms with Gasteiger partial charge in [0.15, 0.2) is 0 Å². The van der Waals surface area contributed by atoms with Gasteiger partial charge in [-0.2, -0.15) is 0 Å². The minimum atomic E-state index is -4.04. The average Bonchev–Trinajstić information content (AvgIpc) is 3.04. The first-order valence-corrected chi connectivity index (χ1v) is 7.61. The molecule has 0 spiro atoms. The van der Waals surface area contributed by atoms with Crippen LogP contribution in [0.1, 0.15) is 23.3 Å². The van der Waals surface area contributed by atoms with Crippen LogP contribution in [0.2, 0.25) is 0 Å². The normalized spacial score (nSPS) is 15.6. The second-order valence-corrected chi connectivity index (χ2v) is 6.36. The highest BCUT2D eigenvalue weighted by Crippen LogP contribution is 2.27. The maximum Gasteiger partial charge on any atom is 0.267 e. The molecule has 0 atom stereocenters. The smallest absolute Gasteiger partial charge is 0.267 e. The number of hydrogen-bond donors (Lipinski definition) is 2. The Morgan fingerprint density at radius 2 is 2.15 bits per heavy atom. The predicted molar refractivity (Wildman–Crippen MR) is 66.9 cm³/mol. The number of carbonyl (C=O) groups is 1. The molecule has 0 radical (unpaired) electrons. The van der Waals surface area contributed by atoms with Gasteiger partial charge in [0.1, 0.15) is 10.6 Å². The molecular weight excluding hydrogens is 292 g/mol. The van der Waals surface area contributed by atoms with E-state index < -0.39 is 28.9 Å². The first-order chi connectivity index (χ1) is 9.27. The van der Waals surface area contributed by atoms with Gasteiger partial charge in [-0.1, -0.05) is 0 Å². The minimum absolute atomic E-state index is 0.130. The zero-order valence-corrected chi connectivity index (χ0v) is 11.4. The summed E-state index contributed by atoms with van der Waals surface area (Å²) in [7, 11) is -4.04. The molecular formula is C11H15F2N3O3S. The number of nitrogens with one attached hydrogen (secondary N) is 1. The fourth-order valence-corrected chi connectivity index (χ4v) is 2.33. The van der Waals surface area contributed by atoms with Gasteiger partial charge in [-0.25, -0.2) is 22.3 Å². The Balaban J connectivity index is 2.23. The molecule has 0 unspecified atom stereocenters. The number of primary sulfonamides is 1. The van der Waals surface area contributed by atoms with Crippen molar-refractivity contribution in [3.05, 3.63) is 18.0 Å². The summed E-state index contributed by atoms with van der Waals surface area (Å²) in [6.07, 6.45) is 0.306. The van der Waals surface area contributed by atoms with Crippen LogP contribution in [-0.4, -0.2) is 31.9 Å². The molecule has 6 nitrogen and oxygen atoms in total. The summed E-state index contributed by atoms with van der Waals surface area (Å²) in [4.78, 5) is 11.6. The van der Waals surface area contributed by atoms with Crippen molar-refractivity contribution in [1.82, 2.24) is 9.88 Å². The summed E-state index contributed by atoms with van der Waals surface area (Å²) in [5.74, 6) is -0.150.